The fraction of sp³-hybridized carbons (Fsp3) is 1.00. The van der Waals surface area contributed by atoms with Crippen LogP contribution in [0.15, 0.2) is 0 Å². The van der Waals surface area contributed by atoms with Gasteiger partial charge in [-0.25, -0.2) is 0 Å². The molecule has 0 heterocycles. The topological polar surface area (TPSA) is 9.23 Å². The molecule has 0 fully saturated rings. The van der Waals surface area contributed by atoms with Crippen LogP contribution < -0.4 is 0 Å². The zero-order chi connectivity index (χ0) is 21.5. The molecule has 0 amide bonds. The summed E-state index contributed by atoms with van der Waals surface area (Å²) < 4.78 is 4.64. The van der Waals surface area contributed by atoms with Gasteiger partial charge in [0.05, 0.1) is 6.61 Å². The molecule has 0 saturated heterocycles. The largest absolute Gasteiger partial charge is 0.334 e. The molecule has 5 heteroatoms. The van der Waals surface area contributed by atoms with E-state index in [9.17, 15) is 0 Å². The lowest BCUT2D eigenvalue weighted by molar-refractivity contribution is 0.347. The minimum Gasteiger partial charge on any atom is -0.334 e. The van der Waals surface area contributed by atoms with Crippen molar-refractivity contribution in [2.45, 2.75) is 136 Å². The molecule has 0 aliphatic heterocycles. The first kappa shape index (κ1) is 30.3. The molecule has 1 nitrogen and oxygen atoms in total. The highest BCUT2D eigenvalue weighted by atomic mass is 33.2. The molecule has 0 rings (SSSR count). The van der Waals surface area contributed by atoms with Crippen molar-refractivity contribution < 1.29 is 4.52 Å². The Morgan fingerprint density at radius 1 is 0.517 bits per heavy atom. The monoisotopic (exact) mass is 482 g/mol. The minimum atomic E-state index is -1.74. The molecule has 0 aliphatic carbocycles. The summed E-state index contributed by atoms with van der Waals surface area (Å²) in [5.41, 5.74) is 0. The van der Waals surface area contributed by atoms with Crippen LogP contribution in [0, 0.1) is 0 Å². The van der Waals surface area contributed by atoms with Crippen molar-refractivity contribution in [2.24, 2.45) is 0 Å². The number of hydrogen-bond acceptors (Lipinski definition) is 4. The summed E-state index contributed by atoms with van der Waals surface area (Å²) in [5, 5.41) is 0. The maximum atomic E-state index is 6.38. The van der Waals surface area contributed by atoms with Crippen molar-refractivity contribution in [1.29, 1.82) is 0 Å². The van der Waals surface area contributed by atoms with Gasteiger partial charge in [-0.1, -0.05) is 140 Å². The molecule has 0 unspecified atom stereocenters. The van der Waals surface area contributed by atoms with Crippen molar-refractivity contribution in [3.05, 3.63) is 0 Å². The average molecular weight is 483 g/mol. The fourth-order valence-electron chi connectivity index (χ4n) is 3.29. The molecule has 0 aromatic rings. The predicted molar refractivity (Wildman–Crippen MR) is 145 cm³/mol. The second-order valence-corrected chi connectivity index (χ2v) is 19.0. The van der Waals surface area contributed by atoms with E-state index in [-0.39, 0.29) is 0 Å². The van der Waals surface area contributed by atoms with Crippen molar-refractivity contribution in [2.75, 3.05) is 18.1 Å². The standard InChI is InChI=1S/C24H51OPS3/c1-4-7-10-13-16-19-22-25-26(27,28-23-20-17-14-11-8-5-2)29-24-21-18-15-12-9-6-3/h4-24H2,1-3H3. The van der Waals surface area contributed by atoms with Crippen LogP contribution in [-0.4, -0.2) is 18.1 Å². The van der Waals surface area contributed by atoms with Gasteiger partial charge in [0.15, 0.2) is 4.67 Å². The molecule has 176 valence electrons. The van der Waals surface area contributed by atoms with E-state index in [0.29, 0.717) is 0 Å². The van der Waals surface area contributed by atoms with Crippen molar-refractivity contribution in [1.82, 2.24) is 0 Å². The first-order valence-corrected chi connectivity index (χ1v) is 18.6. The van der Waals surface area contributed by atoms with Crippen LogP contribution in [0.25, 0.3) is 0 Å². The van der Waals surface area contributed by atoms with Crippen LogP contribution in [0.3, 0.4) is 0 Å². The Morgan fingerprint density at radius 2 is 0.862 bits per heavy atom. The van der Waals surface area contributed by atoms with Gasteiger partial charge < -0.3 is 4.52 Å². The second-order valence-electron chi connectivity index (χ2n) is 8.25. The average Bonchev–Trinajstić information content (AvgIpc) is 2.72. The first-order valence-electron chi connectivity index (χ1n) is 12.7. The molecule has 29 heavy (non-hydrogen) atoms. The molecule has 0 radical (unpaired) electrons. The summed E-state index contributed by atoms with van der Waals surface area (Å²) in [6.45, 7) is 7.74. The van der Waals surface area contributed by atoms with Crippen molar-refractivity contribution >= 4 is 39.2 Å². The number of rotatable bonds is 24. The molecular weight excluding hydrogens is 431 g/mol. The molecular formula is C24H51OPS3. The Labute approximate surface area is 197 Å². The van der Waals surface area contributed by atoms with E-state index in [1.165, 1.54) is 127 Å². The quantitative estimate of drug-likeness (QED) is 0.0998. The summed E-state index contributed by atoms with van der Waals surface area (Å²) in [4.78, 5) is 0. The van der Waals surface area contributed by atoms with Gasteiger partial charge in [-0.2, -0.15) is 0 Å². The lowest BCUT2D eigenvalue weighted by atomic mass is 10.1. The van der Waals surface area contributed by atoms with Gasteiger partial charge >= 0.3 is 0 Å². The first-order chi connectivity index (χ1) is 14.2. The summed E-state index contributed by atoms with van der Waals surface area (Å²) in [6, 6.07) is 0. The normalized spacial score (nSPS) is 12.0. The highest BCUT2D eigenvalue weighted by molar-refractivity contribution is 8.99. The number of unbranched alkanes of at least 4 members (excludes halogenated alkanes) is 15. The van der Waals surface area contributed by atoms with E-state index in [1.54, 1.807) is 0 Å². The van der Waals surface area contributed by atoms with E-state index < -0.39 is 4.67 Å². The Morgan fingerprint density at radius 3 is 1.28 bits per heavy atom. The van der Waals surface area contributed by atoms with E-state index in [0.717, 1.165) is 6.61 Å². The Balaban J connectivity index is 4.05. The third-order valence-corrected chi connectivity index (χ3v) is 15.1. The Kier molecular flexibility index (Phi) is 25.0. The van der Waals surface area contributed by atoms with Crippen LogP contribution in [0.1, 0.15) is 136 Å². The Hall–Kier alpha value is 1.31. The van der Waals surface area contributed by atoms with Gasteiger partial charge in [0.1, 0.15) is 0 Å². The maximum Gasteiger partial charge on any atom is 0.174 e. The molecule has 0 bridgehead atoms. The SMILES string of the molecule is CCCCCCCCOP(=S)(SCCCCCCCC)SCCCCCCCC. The summed E-state index contributed by atoms with van der Waals surface area (Å²) >= 11 is 10.1. The van der Waals surface area contributed by atoms with Gasteiger partial charge in [-0.05, 0) is 31.1 Å². The van der Waals surface area contributed by atoms with Crippen LogP contribution in [-0.2, 0) is 16.3 Å². The van der Waals surface area contributed by atoms with Crippen LogP contribution in [0.5, 0.6) is 0 Å². The van der Waals surface area contributed by atoms with E-state index >= 15 is 0 Å². The highest BCUT2D eigenvalue weighted by Gasteiger charge is 2.19. The summed E-state index contributed by atoms with van der Waals surface area (Å²) in [6.07, 6.45) is 24.3. The fourth-order valence-corrected chi connectivity index (χ4v) is 11.8. The Bertz CT molecular complexity index is 314. The highest BCUT2D eigenvalue weighted by Crippen LogP contribution is 2.70. The second kappa shape index (κ2) is 24.0. The van der Waals surface area contributed by atoms with Crippen molar-refractivity contribution in [3.63, 3.8) is 0 Å². The van der Waals surface area contributed by atoms with Crippen LogP contribution >= 0.6 is 27.4 Å². The molecule has 0 spiro atoms. The van der Waals surface area contributed by atoms with E-state index in [1.807, 2.05) is 22.8 Å². The molecule has 0 aromatic heterocycles. The molecule has 0 saturated carbocycles. The summed E-state index contributed by atoms with van der Waals surface area (Å²) in [5.74, 6) is 2.40. The summed E-state index contributed by atoms with van der Waals surface area (Å²) in [7, 11) is 0. The van der Waals surface area contributed by atoms with Gasteiger partial charge in [0.25, 0.3) is 0 Å². The lowest BCUT2D eigenvalue weighted by Crippen LogP contribution is -1.92. The molecule has 0 aliphatic rings. The van der Waals surface area contributed by atoms with Crippen molar-refractivity contribution in [3.8, 4) is 0 Å². The molecule has 0 atom stereocenters. The molecule has 0 N–H and O–H groups in total. The van der Waals surface area contributed by atoms with E-state index in [2.05, 4.69) is 20.8 Å². The molecule has 0 aromatic carbocycles. The third-order valence-electron chi connectivity index (χ3n) is 5.24. The van der Waals surface area contributed by atoms with Gasteiger partial charge in [-0.15, -0.1) is 0 Å². The number of hydrogen-bond donors (Lipinski definition) is 0. The van der Waals surface area contributed by atoms with Gasteiger partial charge in [-0.3, -0.25) is 0 Å². The van der Waals surface area contributed by atoms with Crippen LogP contribution in [0.4, 0.5) is 0 Å². The van der Waals surface area contributed by atoms with Crippen LogP contribution in [0.2, 0.25) is 0 Å². The zero-order valence-electron chi connectivity index (χ0n) is 19.9. The van der Waals surface area contributed by atoms with Gasteiger partial charge in [0, 0.05) is 11.5 Å². The van der Waals surface area contributed by atoms with Gasteiger partial charge in [0.2, 0.25) is 0 Å². The zero-order valence-corrected chi connectivity index (χ0v) is 23.3. The third kappa shape index (κ3) is 22.3. The van der Waals surface area contributed by atoms with E-state index in [4.69, 9.17) is 16.3 Å². The maximum absolute atomic E-state index is 6.38. The minimum absolute atomic E-state index is 0.885. The smallest absolute Gasteiger partial charge is 0.174 e. The lowest BCUT2D eigenvalue weighted by Gasteiger charge is -2.21. The predicted octanol–water partition coefficient (Wildman–Crippen LogP) is 10.8.